The van der Waals surface area contributed by atoms with E-state index in [4.69, 9.17) is 0 Å². The van der Waals surface area contributed by atoms with Crippen molar-refractivity contribution in [3.05, 3.63) is 29.3 Å². The predicted molar refractivity (Wildman–Crippen MR) is 77.1 cm³/mol. The maximum absolute atomic E-state index is 10.2. The van der Waals surface area contributed by atoms with Gasteiger partial charge in [0.05, 0.1) is 0 Å². The van der Waals surface area contributed by atoms with Crippen molar-refractivity contribution in [3.63, 3.8) is 0 Å². The summed E-state index contributed by atoms with van der Waals surface area (Å²) >= 11 is 0. The van der Waals surface area contributed by atoms with E-state index in [2.05, 4.69) is 26.8 Å². The highest BCUT2D eigenvalue weighted by Gasteiger charge is 2.23. The minimum absolute atomic E-state index is 0.0232. The van der Waals surface area contributed by atoms with E-state index in [9.17, 15) is 5.11 Å². The normalized spacial score (nSPS) is 17.9. The average Bonchev–Trinajstić information content (AvgIpc) is 2.28. The fourth-order valence-electron chi connectivity index (χ4n) is 3.32. The van der Waals surface area contributed by atoms with Crippen LogP contribution in [0.2, 0.25) is 0 Å². The molecule has 1 aromatic carbocycles. The van der Waals surface area contributed by atoms with Crippen LogP contribution in [0, 0.1) is 5.92 Å². The molecule has 0 unspecified atom stereocenters. The van der Waals surface area contributed by atoms with Gasteiger partial charge in [-0.05, 0) is 29.4 Å². The number of rotatable bonds is 2. The van der Waals surface area contributed by atoms with Gasteiger partial charge in [-0.3, -0.25) is 0 Å². The number of phenolic OH excluding ortho intramolecular Hbond substituents is 1. The number of phenols is 1. The van der Waals surface area contributed by atoms with Gasteiger partial charge in [-0.2, -0.15) is 0 Å². The molecule has 1 heteroatoms. The third kappa shape index (κ3) is 3.07. The molecule has 0 spiro atoms. The molecule has 0 heterocycles. The lowest BCUT2D eigenvalue weighted by Gasteiger charge is -2.27. The highest BCUT2D eigenvalue weighted by atomic mass is 16.3. The van der Waals surface area contributed by atoms with E-state index >= 15 is 0 Å². The first-order valence-corrected chi connectivity index (χ1v) is 7.30. The van der Waals surface area contributed by atoms with Crippen molar-refractivity contribution < 1.29 is 5.11 Å². The first kappa shape index (κ1) is 13.5. The molecule has 2 rings (SSSR count). The van der Waals surface area contributed by atoms with Crippen molar-refractivity contribution in [2.75, 3.05) is 0 Å². The van der Waals surface area contributed by atoms with Gasteiger partial charge < -0.3 is 5.11 Å². The summed E-state index contributed by atoms with van der Waals surface area (Å²) in [5, 5.41) is 10.2. The van der Waals surface area contributed by atoms with Crippen molar-refractivity contribution >= 4 is 0 Å². The number of hydrogen-bond acceptors (Lipinski definition) is 1. The molecule has 18 heavy (non-hydrogen) atoms. The molecule has 100 valence electrons. The third-order valence-corrected chi connectivity index (χ3v) is 4.11. The average molecular weight is 246 g/mol. The van der Waals surface area contributed by atoms with E-state index in [1.807, 2.05) is 12.1 Å². The van der Waals surface area contributed by atoms with Crippen LogP contribution >= 0.6 is 0 Å². The summed E-state index contributed by atoms with van der Waals surface area (Å²) in [6, 6.07) is 6.02. The van der Waals surface area contributed by atoms with Crippen molar-refractivity contribution in [1.82, 2.24) is 0 Å². The zero-order valence-electron chi connectivity index (χ0n) is 12.0. The van der Waals surface area contributed by atoms with E-state index in [0.717, 1.165) is 17.9 Å². The molecule has 0 aliphatic heterocycles. The van der Waals surface area contributed by atoms with Crippen molar-refractivity contribution in [2.45, 2.75) is 64.7 Å². The van der Waals surface area contributed by atoms with Gasteiger partial charge in [0.25, 0.3) is 0 Å². The Hall–Kier alpha value is -0.980. The summed E-state index contributed by atoms with van der Waals surface area (Å²) in [5.74, 6) is 1.29. The molecular formula is C17H26O. The molecule has 1 aliphatic carbocycles. The summed E-state index contributed by atoms with van der Waals surface area (Å²) in [4.78, 5) is 0. The van der Waals surface area contributed by atoms with Crippen LogP contribution < -0.4 is 0 Å². The van der Waals surface area contributed by atoms with E-state index in [0.29, 0.717) is 5.75 Å². The standard InChI is InChI=1S/C17H26O/c1-17(2,3)16-14(10-7-11-15(16)18)12-13-8-5-4-6-9-13/h7,10-11,13,18H,4-6,8-9,12H2,1-3H3. The molecule has 0 saturated heterocycles. The topological polar surface area (TPSA) is 20.2 Å². The summed E-state index contributed by atoms with van der Waals surface area (Å²) in [6.07, 6.45) is 8.03. The van der Waals surface area contributed by atoms with Crippen LogP contribution in [0.15, 0.2) is 18.2 Å². The van der Waals surface area contributed by atoms with Crippen LogP contribution in [0.1, 0.15) is 64.0 Å². The van der Waals surface area contributed by atoms with Crippen molar-refractivity contribution in [1.29, 1.82) is 0 Å². The van der Waals surface area contributed by atoms with E-state index in [1.165, 1.54) is 37.7 Å². The quantitative estimate of drug-likeness (QED) is 0.793. The Kier molecular flexibility index (Phi) is 3.99. The van der Waals surface area contributed by atoms with Gasteiger partial charge in [0.15, 0.2) is 0 Å². The fraction of sp³-hybridized carbons (Fsp3) is 0.647. The smallest absolute Gasteiger partial charge is 0.119 e. The largest absolute Gasteiger partial charge is 0.508 e. The van der Waals surface area contributed by atoms with Crippen LogP contribution in [0.5, 0.6) is 5.75 Å². The maximum atomic E-state index is 10.2. The van der Waals surface area contributed by atoms with Gasteiger partial charge in [0.1, 0.15) is 5.75 Å². The van der Waals surface area contributed by atoms with Gasteiger partial charge in [-0.25, -0.2) is 0 Å². The second-order valence-electron chi connectivity index (χ2n) is 6.77. The first-order chi connectivity index (χ1) is 8.48. The second-order valence-corrected chi connectivity index (χ2v) is 6.77. The molecule has 1 fully saturated rings. The van der Waals surface area contributed by atoms with Crippen LogP contribution in [-0.4, -0.2) is 5.11 Å². The highest BCUT2D eigenvalue weighted by molar-refractivity contribution is 5.44. The maximum Gasteiger partial charge on any atom is 0.119 e. The van der Waals surface area contributed by atoms with Gasteiger partial charge in [-0.15, -0.1) is 0 Å². The van der Waals surface area contributed by atoms with Crippen LogP contribution in [0.3, 0.4) is 0 Å². The summed E-state index contributed by atoms with van der Waals surface area (Å²) in [6.45, 7) is 6.56. The molecule has 1 N–H and O–H groups in total. The third-order valence-electron chi connectivity index (χ3n) is 4.11. The van der Waals surface area contributed by atoms with Crippen molar-refractivity contribution in [3.8, 4) is 5.75 Å². The second kappa shape index (κ2) is 5.34. The molecule has 0 amide bonds. The highest BCUT2D eigenvalue weighted by Crippen LogP contribution is 2.36. The minimum atomic E-state index is 0.0232. The molecular weight excluding hydrogens is 220 g/mol. The number of hydrogen-bond donors (Lipinski definition) is 1. The minimum Gasteiger partial charge on any atom is -0.508 e. The lowest BCUT2D eigenvalue weighted by Crippen LogP contribution is -2.17. The molecule has 0 atom stereocenters. The number of benzene rings is 1. The fourth-order valence-corrected chi connectivity index (χ4v) is 3.32. The molecule has 0 aromatic heterocycles. The van der Waals surface area contributed by atoms with Gasteiger partial charge in [0, 0.05) is 5.56 Å². The van der Waals surface area contributed by atoms with Gasteiger partial charge in [0.2, 0.25) is 0 Å². The van der Waals surface area contributed by atoms with Crippen LogP contribution in [-0.2, 0) is 11.8 Å². The van der Waals surface area contributed by atoms with Gasteiger partial charge in [-0.1, -0.05) is 65.0 Å². The summed E-state index contributed by atoms with van der Waals surface area (Å²) < 4.78 is 0. The molecule has 0 radical (unpaired) electrons. The number of aromatic hydroxyl groups is 1. The Morgan fingerprint density at radius 2 is 1.78 bits per heavy atom. The Morgan fingerprint density at radius 1 is 1.11 bits per heavy atom. The summed E-state index contributed by atoms with van der Waals surface area (Å²) in [7, 11) is 0. The van der Waals surface area contributed by atoms with Crippen LogP contribution in [0.25, 0.3) is 0 Å². The lowest BCUT2D eigenvalue weighted by molar-refractivity contribution is 0.353. The Labute approximate surface area is 111 Å². The van der Waals surface area contributed by atoms with Crippen LogP contribution in [0.4, 0.5) is 0 Å². The Morgan fingerprint density at radius 3 is 2.39 bits per heavy atom. The van der Waals surface area contributed by atoms with E-state index in [1.54, 1.807) is 0 Å². The van der Waals surface area contributed by atoms with Gasteiger partial charge >= 0.3 is 0 Å². The Bertz CT molecular complexity index is 395. The summed E-state index contributed by atoms with van der Waals surface area (Å²) in [5.41, 5.74) is 2.53. The first-order valence-electron chi connectivity index (χ1n) is 7.30. The molecule has 1 aliphatic rings. The SMILES string of the molecule is CC(C)(C)c1c(O)cccc1CC1CCCCC1. The zero-order valence-corrected chi connectivity index (χ0v) is 12.0. The predicted octanol–water partition coefficient (Wildman–Crippen LogP) is 4.81. The molecule has 1 nitrogen and oxygen atoms in total. The molecule has 1 aromatic rings. The zero-order chi connectivity index (χ0) is 13.2. The lowest BCUT2D eigenvalue weighted by atomic mass is 9.78. The molecule has 0 bridgehead atoms. The molecule has 1 saturated carbocycles. The monoisotopic (exact) mass is 246 g/mol. The van der Waals surface area contributed by atoms with Crippen molar-refractivity contribution in [2.24, 2.45) is 5.92 Å². The van der Waals surface area contributed by atoms with E-state index < -0.39 is 0 Å². The Balaban J connectivity index is 2.24. The van der Waals surface area contributed by atoms with E-state index in [-0.39, 0.29) is 5.41 Å².